The maximum absolute atomic E-state index is 5.65. The molecule has 0 spiro atoms. The van der Waals surface area contributed by atoms with E-state index in [9.17, 15) is 0 Å². The molecule has 0 rings (SSSR count). The van der Waals surface area contributed by atoms with Gasteiger partial charge in [0.15, 0.2) is 0 Å². The van der Waals surface area contributed by atoms with Gasteiger partial charge in [0.05, 0.1) is 0 Å². The van der Waals surface area contributed by atoms with Crippen molar-refractivity contribution in [3.05, 3.63) is 0 Å². The molecule has 0 amide bonds. The van der Waals surface area contributed by atoms with Gasteiger partial charge in [0.25, 0.3) is 0 Å². The van der Waals surface area contributed by atoms with Crippen LogP contribution in [0.15, 0.2) is 0 Å². The van der Waals surface area contributed by atoms with E-state index in [0.29, 0.717) is 0 Å². The van der Waals surface area contributed by atoms with Crippen LogP contribution >= 0.6 is 0 Å². The molecule has 105 valence electrons. The van der Waals surface area contributed by atoms with Crippen LogP contribution in [0.25, 0.3) is 0 Å². The third kappa shape index (κ3) is 19.3. The van der Waals surface area contributed by atoms with Crippen molar-refractivity contribution >= 4 is 29.6 Å². The van der Waals surface area contributed by atoms with Crippen LogP contribution in [-0.4, -0.2) is 42.8 Å². The second kappa shape index (κ2) is 16.0. The van der Waals surface area contributed by atoms with E-state index in [1.54, 1.807) is 0 Å². The van der Waals surface area contributed by atoms with Crippen molar-refractivity contribution in [1.82, 2.24) is 0 Å². The number of ether oxygens (including phenoxy) is 1. The Morgan fingerprint density at radius 2 is 1.00 bits per heavy atom. The molecule has 0 aromatic heterocycles. The molecular weight excluding hydrogens is 231 g/mol. The summed E-state index contributed by atoms with van der Waals surface area (Å²) in [6.07, 6.45) is 10.7. The van der Waals surface area contributed by atoms with Crippen LogP contribution in [0, 0.1) is 11.8 Å². The minimum Gasteiger partial charge on any atom is -0.381 e. The van der Waals surface area contributed by atoms with E-state index < -0.39 is 0 Å². The van der Waals surface area contributed by atoms with Crippen LogP contribution in [0.4, 0.5) is 0 Å². The monoisotopic (exact) mass is 265 g/mol. The van der Waals surface area contributed by atoms with Gasteiger partial charge < -0.3 is 4.74 Å². The Hall–Kier alpha value is 0.960. The SMILES string of the molecule is CC(C)CCCCCOCCCCCC(C)C.[Na]. The summed E-state index contributed by atoms with van der Waals surface area (Å²) < 4.78 is 5.65. The van der Waals surface area contributed by atoms with E-state index in [1.807, 2.05) is 0 Å². The van der Waals surface area contributed by atoms with Crippen molar-refractivity contribution in [2.75, 3.05) is 13.2 Å². The summed E-state index contributed by atoms with van der Waals surface area (Å²) in [5, 5.41) is 0. The predicted molar refractivity (Wildman–Crippen MR) is 83.2 cm³/mol. The van der Waals surface area contributed by atoms with Gasteiger partial charge in [-0.05, 0) is 24.7 Å². The van der Waals surface area contributed by atoms with Crippen molar-refractivity contribution < 1.29 is 4.74 Å². The van der Waals surface area contributed by atoms with E-state index in [-0.39, 0.29) is 29.6 Å². The third-order valence-corrected chi connectivity index (χ3v) is 3.14. The molecule has 1 radical (unpaired) electrons. The van der Waals surface area contributed by atoms with E-state index in [1.165, 1.54) is 51.4 Å². The van der Waals surface area contributed by atoms with Gasteiger partial charge in [0.2, 0.25) is 0 Å². The first kappa shape index (κ1) is 21.3. The van der Waals surface area contributed by atoms with E-state index in [4.69, 9.17) is 4.74 Å². The zero-order valence-electron chi connectivity index (χ0n) is 13.6. The summed E-state index contributed by atoms with van der Waals surface area (Å²) in [7, 11) is 0. The zero-order chi connectivity index (χ0) is 12.9. The molecule has 2 heteroatoms. The minimum absolute atomic E-state index is 0. The minimum atomic E-state index is 0. The molecule has 0 aliphatic rings. The number of unbranched alkanes of at least 4 members (excludes halogenated alkanes) is 4. The predicted octanol–water partition coefficient (Wildman–Crippen LogP) is 5.06. The van der Waals surface area contributed by atoms with Crippen LogP contribution in [0.5, 0.6) is 0 Å². The molecule has 18 heavy (non-hydrogen) atoms. The fraction of sp³-hybridized carbons (Fsp3) is 1.00. The summed E-state index contributed by atoms with van der Waals surface area (Å²) in [5.41, 5.74) is 0. The van der Waals surface area contributed by atoms with Gasteiger partial charge in [0, 0.05) is 42.8 Å². The quantitative estimate of drug-likeness (QED) is 0.354. The molecule has 0 aromatic carbocycles. The van der Waals surface area contributed by atoms with E-state index in [2.05, 4.69) is 27.7 Å². The van der Waals surface area contributed by atoms with Gasteiger partial charge in [-0.2, -0.15) is 0 Å². The van der Waals surface area contributed by atoms with Gasteiger partial charge in [-0.25, -0.2) is 0 Å². The topological polar surface area (TPSA) is 9.23 Å². The molecule has 0 bridgehead atoms. The number of hydrogen-bond donors (Lipinski definition) is 0. The van der Waals surface area contributed by atoms with Crippen molar-refractivity contribution in [3.8, 4) is 0 Å². The first-order valence-electron chi connectivity index (χ1n) is 7.70. The maximum Gasteiger partial charge on any atom is 0.0466 e. The molecule has 1 nitrogen and oxygen atoms in total. The second-order valence-electron chi connectivity index (χ2n) is 6.10. The van der Waals surface area contributed by atoms with Gasteiger partial charge in [-0.15, -0.1) is 0 Å². The Morgan fingerprint density at radius 1 is 0.611 bits per heavy atom. The molecule has 0 saturated heterocycles. The summed E-state index contributed by atoms with van der Waals surface area (Å²) in [4.78, 5) is 0. The number of rotatable bonds is 12. The van der Waals surface area contributed by atoms with Crippen LogP contribution in [0.3, 0.4) is 0 Å². The smallest absolute Gasteiger partial charge is 0.0466 e. The van der Waals surface area contributed by atoms with Crippen molar-refractivity contribution in [2.45, 2.75) is 79.1 Å². The van der Waals surface area contributed by atoms with Crippen LogP contribution in [-0.2, 0) is 4.74 Å². The summed E-state index contributed by atoms with van der Waals surface area (Å²) in [6, 6.07) is 0. The first-order valence-corrected chi connectivity index (χ1v) is 7.70. The molecule has 0 saturated carbocycles. The van der Waals surface area contributed by atoms with Crippen molar-refractivity contribution in [1.29, 1.82) is 0 Å². The molecule has 0 heterocycles. The maximum atomic E-state index is 5.65. The summed E-state index contributed by atoms with van der Waals surface area (Å²) >= 11 is 0. The van der Waals surface area contributed by atoms with Crippen molar-refractivity contribution in [3.63, 3.8) is 0 Å². The fourth-order valence-electron chi connectivity index (χ4n) is 1.97. The van der Waals surface area contributed by atoms with Gasteiger partial charge >= 0.3 is 0 Å². The Labute approximate surface area is 138 Å². The zero-order valence-corrected chi connectivity index (χ0v) is 15.6. The Morgan fingerprint density at radius 3 is 1.33 bits per heavy atom. The molecule has 0 aliphatic heterocycles. The number of hydrogen-bond acceptors (Lipinski definition) is 1. The average molecular weight is 265 g/mol. The second-order valence-corrected chi connectivity index (χ2v) is 6.10. The molecule has 0 fully saturated rings. The molecule has 0 atom stereocenters. The van der Waals surface area contributed by atoms with Crippen LogP contribution in [0.1, 0.15) is 79.1 Å². The summed E-state index contributed by atoms with van der Waals surface area (Å²) in [5.74, 6) is 1.72. The van der Waals surface area contributed by atoms with Crippen LogP contribution in [0.2, 0.25) is 0 Å². The largest absolute Gasteiger partial charge is 0.381 e. The normalized spacial score (nSPS) is 11.0. The summed E-state index contributed by atoms with van der Waals surface area (Å²) in [6.45, 7) is 11.1. The molecular formula is C16H34NaO. The molecule has 0 aliphatic carbocycles. The first-order chi connectivity index (χ1) is 8.13. The van der Waals surface area contributed by atoms with E-state index >= 15 is 0 Å². The Kier molecular flexibility index (Phi) is 18.9. The van der Waals surface area contributed by atoms with Gasteiger partial charge in [0.1, 0.15) is 0 Å². The van der Waals surface area contributed by atoms with Crippen LogP contribution < -0.4 is 0 Å². The third-order valence-electron chi connectivity index (χ3n) is 3.14. The molecule has 0 N–H and O–H groups in total. The average Bonchev–Trinajstić information content (AvgIpc) is 2.25. The van der Waals surface area contributed by atoms with Gasteiger partial charge in [-0.1, -0.05) is 66.2 Å². The molecule has 0 aromatic rings. The Balaban J connectivity index is 0. The Bertz CT molecular complexity index is 130. The molecule has 0 unspecified atom stereocenters. The fourth-order valence-corrected chi connectivity index (χ4v) is 1.97. The standard InChI is InChI=1S/C16H34O.Na/c1-15(2)11-7-5-9-13-17-14-10-6-8-12-16(3)4;/h15-16H,5-14H2,1-4H3;. The van der Waals surface area contributed by atoms with Crippen molar-refractivity contribution in [2.24, 2.45) is 11.8 Å². The van der Waals surface area contributed by atoms with E-state index in [0.717, 1.165) is 25.0 Å². The van der Waals surface area contributed by atoms with Gasteiger partial charge in [-0.3, -0.25) is 0 Å².